The molecule has 1 N–H and O–H groups in total. The van der Waals surface area contributed by atoms with E-state index < -0.39 is 17.9 Å². The first-order chi connectivity index (χ1) is 13.9. The zero-order valence-corrected chi connectivity index (χ0v) is 14.7. The summed E-state index contributed by atoms with van der Waals surface area (Å²) in [5.74, 6) is -1.91. The summed E-state index contributed by atoms with van der Waals surface area (Å²) in [5.41, 5.74) is 0.998. The summed E-state index contributed by atoms with van der Waals surface area (Å²) in [6.07, 6.45) is 0. The second-order valence-corrected chi connectivity index (χ2v) is 6.22. The molecule has 0 aliphatic carbocycles. The lowest BCUT2D eigenvalue weighted by Crippen LogP contribution is -2.03. The number of carbonyl (C=O) groups excluding carboxylic acids is 3. The summed E-state index contributed by atoms with van der Waals surface area (Å²) in [5, 5.41) is 8.91. The van der Waals surface area contributed by atoms with Crippen molar-refractivity contribution in [2.45, 2.75) is 0 Å². The summed E-state index contributed by atoms with van der Waals surface area (Å²) >= 11 is 0. The minimum atomic E-state index is -1.02. The molecule has 7 nitrogen and oxygen atoms in total. The predicted molar refractivity (Wildman–Crippen MR) is 99.5 cm³/mol. The van der Waals surface area contributed by atoms with Crippen LogP contribution in [0.3, 0.4) is 0 Å². The van der Waals surface area contributed by atoms with Crippen molar-refractivity contribution >= 4 is 23.7 Å². The smallest absolute Gasteiger partial charge is 0.346 e. The molecule has 7 heteroatoms. The van der Waals surface area contributed by atoms with Crippen LogP contribution in [-0.2, 0) is 4.74 Å². The van der Waals surface area contributed by atoms with Crippen LogP contribution in [0.5, 0.6) is 11.5 Å². The third-order valence-electron chi connectivity index (χ3n) is 4.36. The molecule has 0 saturated carbocycles. The fourth-order valence-corrected chi connectivity index (χ4v) is 2.87. The maximum atomic E-state index is 12.7. The number of hydrogen-bond donors (Lipinski definition) is 1. The van der Waals surface area contributed by atoms with Gasteiger partial charge in [0.2, 0.25) is 0 Å². The zero-order chi connectivity index (χ0) is 20.5. The Morgan fingerprint density at radius 1 is 0.690 bits per heavy atom. The second kappa shape index (κ2) is 7.05. The molecule has 1 aliphatic heterocycles. The summed E-state index contributed by atoms with van der Waals surface area (Å²) in [6, 6.07) is 16.5. The topological polar surface area (TPSA) is 107 Å². The largest absolute Gasteiger partial charge is 0.478 e. The number of fused-ring (bicyclic) bond motifs is 1. The molecule has 0 spiro atoms. The van der Waals surface area contributed by atoms with Gasteiger partial charge in [0.15, 0.2) is 5.78 Å². The molecule has 0 unspecified atom stereocenters. The highest BCUT2D eigenvalue weighted by Gasteiger charge is 2.30. The average Bonchev–Trinajstić information content (AvgIpc) is 3.01. The number of benzene rings is 3. The Bertz CT molecular complexity index is 1160. The maximum absolute atomic E-state index is 12.7. The van der Waals surface area contributed by atoms with Crippen LogP contribution >= 0.6 is 0 Å². The van der Waals surface area contributed by atoms with Crippen molar-refractivity contribution in [3.05, 3.63) is 94.5 Å². The minimum absolute atomic E-state index is 0.0746. The number of esters is 2. The van der Waals surface area contributed by atoms with E-state index >= 15 is 0 Å². The van der Waals surface area contributed by atoms with E-state index in [9.17, 15) is 19.2 Å². The molecule has 4 rings (SSSR count). The van der Waals surface area contributed by atoms with Gasteiger partial charge in [0.25, 0.3) is 0 Å². The predicted octanol–water partition coefficient (Wildman–Crippen LogP) is 3.72. The van der Waals surface area contributed by atoms with Crippen LogP contribution in [0, 0.1) is 0 Å². The van der Waals surface area contributed by atoms with Gasteiger partial charge in [-0.15, -0.1) is 0 Å². The maximum Gasteiger partial charge on any atom is 0.346 e. The summed E-state index contributed by atoms with van der Waals surface area (Å²) in [6.45, 7) is 0. The molecule has 0 saturated heterocycles. The average molecular weight is 388 g/mol. The molecule has 0 bridgehead atoms. The highest BCUT2D eigenvalue weighted by Crippen LogP contribution is 2.25. The van der Waals surface area contributed by atoms with Gasteiger partial charge in [-0.3, -0.25) is 4.79 Å². The molecule has 3 aromatic carbocycles. The molecule has 3 aromatic rings. The van der Waals surface area contributed by atoms with Crippen molar-refractivity contribution in [3.63, 3.8) is 0 Å². The Kier molecular flexibility index (Phi) is 4.40. The molecule has 0 aromatic heterocycles. The number of carboxylic acid groups (broad SMARTS) is 1. The fourth-order valence-electron chi connectivity index (χ4n) is 2.87. The Morgan fingerprint density at radius 2 is 1.21 bits per heavy atom. The lowest BCUT2D eigenvalue weighted by molar-refractivity contribution is 0.0443. The quantitative estimate of drug-likeness (QED) is 0.403. The van der Waals surface area contributed by atoms with Gasteiger partial charge >= 0.3 is 17.9 Å². The zero-order valence-electron chi connectivity index (χ0n) is 14.7. The van der Waals surface area contributed by atoms with E-state index in [4.69, 9.17) is 9.84 Å². The van der Waals surface area contributed by atoms with E-state index in [0.29, 0.717) is 17.1 Å². The van der Waals surface area contributed by atoms with Gasteiger partial charge in [0.05, 0.1) is 16.7 Å². The normalized spacial score (nSPS) is 12.3. The number of hydrogen-bond acceptors (Lipinski definition) is 6. The van der Waals surface area contributed by atoms with Gasteiger partial charge in [0, 0.05) is 11.1 Å². The summed E-state index contributed by atoms with van der Waals surface area (Å²) in [4.78, 5) is 46.7. The van der Waals surface area contributed by atoms with Gasteiger partial charge in [-0.1, -0.05) is 6.07 Å². The van der Waals surface area contributed by atoms with E-state index in [2.05, 4.69) is 4.74 Å². The fraction of sp³-hybridized carbons (Fsp3) is 0. The van der Waals surface area contributed by atoms with E-state index in [1.165, 1.54) is 42.5 Å². The molecule has 29 heavy (non-hydrogen) atoms. The molecule has 0 amide bonds. The van der Waals surface area contributed by atoms with E-state index in [1.807, 2.05) is 0 Å². The number of aromatic carboxylic acids is 1. The van der Waals surface area contributed by atoms with Crippen LogP contribution in [0.25, 0.3) is 0 Å². The SMILES string of the molecule is O=C(O)c1ccc(Oc2ccc(C(=O)c3ccc4c(c3)C(=O)OC4=O)cc2)cc1. The summed E-state index contributed by atoms with van der Waals surface area (Å²) in [7, 11) is 0. The molecule has 1 heterocycles. The lowest BCUT2D eigenvalue weighted by Gasteiger charge is -2.07. The molecular formula is C22H12O7. The van der Waals surface area contributed by atoms with E-state index in [-0.39, 0.29) is 28.0 Å². The Hall–Kier alpha value is -4.26. The van der Waals surface area contributed by atoms with Crippen LogP contribution in [-0.4, -0.2) is 28.8 Å². The number of ketones is 1. The number of cyclic esters (lactones) is 2. The monoisotopic (exact) mass is 388 g/mol. The molecule has 0 fully saturated rings. The first kappa shape index (κ1) is 18.1. The highest BCUT2D eigenvalue weighted by atomic mass is 16.6. The first-order valence-corrected chi connectivity index (χ1v) is 8.49. The van der Waals surface area contributed by atoms with Crippen molar-refractivity contribution in [1.29, 1.82) is 0 Å². The van der Waals surface area contributed by atoms with Crippen LogP contribution in [0.2, 0.25) is 0 Å². The van der Waals surface area contributed by atoms with Crippen molar-refractivity contribution < 1.29 is 33.8 Å². The van der Waals surface area contributed by atoms with Crippen molar-refractivity contribution in [3.8, 4) is 11.5 Å². The first-order valence-electron chi connectivity index (χ1n) is 8.49. The number of carboxylic acids is 1. The highest BCUT2D eigenvalue weighted by molar-refractivity contribution is 6.17. The number of carbonyl (C=O) groups is 4. The van der Waals surface area contributed by atoms with Crippen molar-refractivity contribution in [2.75, 3.05) is 0 Å². The van der Waals surface area contributed by atoms with Crippen LogP contribution in [0.1, 0.15) is 47.0 Å². The third kappa shape index (κ3) is 3.49. The van der Waals surface area contributed by atoms with Crippen LogP contribution in [0.4, 0.5) is 0 Å². The van der Waals surface area contributed by atoms with Gasteiger partial charge in [-0.25, -0.2) is 14.4 Å². The molecule has 0 atom stereocenters. The van der Waals surface area contributed by atoms with Gasteiger partial charge in [-0.05, 0) is 60.7 Å². The van der Waals surface area contributed by atoms with Crippen molar-refractivity contribution in [2.24, 2.45) is 0 Å². The minimum Gasteiger partial charge on any atom is -0.478 e. The third-order valence-corrected chi connectivity index (χ3v) is 4.36. The van der Waals surface area contributed by atoms with Crippen molar-refractivity contribution in [1.82, 2.24) is 0 Å². The molecule has 0 radical (unpaired) electrons. The Labute approximate surface area is 164 Å². The lowest BCUT2D eigenvalue weighted by atomic mass is 9.99. The van der Waals surface area contributed by atoms with Crippen LogP contribution in [0.15, 0.2) is 66.7 Å². The number of ether oxygens (including phenoxy) is 2. The second-order valence-electron chi connectivity index (χ2n) is 6.22. The molecule has 1 aliphatic rings. The van der Waals surface area contributed by atoms with E-state index in [0.717, 1.165) is 0 Å². The van der Waals surface area contributed by atoms with Gasteiger partial charge < -0.3 is 14.6 Å². The summed E-state index contributed by atoms with van der Waals surface area (Å²) < 4.78 is 10.2. The molecule has 142 valence electrons. The standard InChI is InChI=1S/C22H12O7/c23-19(14-5-10-17-18(11-14)22(27)29-21(17)26)12-1-6-15(7-2-12)28-16-8-3-13(4-9-16)20(24)25/h1-11H,(H,24,25). The van der Waals surface area contributed by atoms with Gasteiger partial charge in [0.1, 0.15) is 11.5 Å². The number of rotatable bonds is 5. The van der Waals surface area contributed by atoms with Gasteiger partial charge in [-0.2, -0.15) is 0 Å². The Balaban J connectivity index is 1.51. The van der Waals surface area contributed by atoms with E-state index in [1.54, 1.807) is 24.3 Å². The molecular weight excluding hydrogens is 376 g/mol. The van der Waals surface area contributed by atoms with Crippen LogP contribution < -0.4 is 4.74 Å². The Morgan fingerprint density at radius 3 is 1.79 bits per heavy atom.